The van der Waals surface area contributed by atoms with Crippen LogP contribution in [0.15, 0.2) is 35.5 Å². The summed E-state index contributed by atoms with van der Waals surface area (Å²) in [6.45, 7) is 3.67. The molecule has 1 aromatic rings. The van der Waals surface area contributed by atoms with Crippen LogP contribution in [0.1, 0.15) is 38.7 Å². The molecule has 1 aromatic carbocycles. The average molecular weight is 403 g/mol. The lowest BCUT2D eigenvalue weighted by Crippen LogP contribution is -2.42. The Kier molecular flexibility index (Phi) is 4.65. The Bertz CT molecular complexity index is 878. The van der Waals surface area contributed by atoms with E-state index in [1.54, 1.807) is 0 Å². The van der Waals surface area contributed by atoms with E-state index >= 15 is 0 Å². The van der Waals surface area contributed by atoms with E-state index in [1.165, 1.54) is 18.2 Å². The number of halogens is 3. The van der Waals surface area contributed by atoms with Gasteiger partial charge in [-0.05, 0) is 24.2 Å². The molecule has 0 aliphatic heterocycles. The van der Waals surface area contributed by atoms with Crippen molar-refractivity contribution in [2.75, 3.05) is 5.75 Å². The molecule has 27 heavy (non-hydrogen) atoms. The van der Waals surface area contributed by atoms with E-state index in [-0.39, 0.29) is 17.3 Å². The van der Waals surface area contributed by atoms with Crippen molar-refractivity contribution in [3.05, 3.63) is 35.9 Å². The number of carbonyl (C=O) groups excluding carboxylic acids is 1. The Morgan fingerprint density at radius 2 is 1.89 bits per heavy atom. The van der Waals surface area contributed by atoms with Crippen molar-refractivity contribution >= 4 is 21.6 Å². The molecule has 9 heteroatoms. The molecule has 2 fully saturated rings. The average Bonchev–Trinajstić information content (AvgIpc) is 2.88. The minimum Gasteiger partial charge on any atom is -0.299 e. The molecule has 0 heterocycles. The molecule has 2 saturated carbocycles. The third-order valence-electron chi connectivity index (χ3n) is 6.12. The SMILES string of the molecule is CC1(C)C2CCC1(CS(=O)(=O)ON=C(c1ccccc1)C(F)(F)F)C(=O)C2. The van der Waals surface area contributed by atoms with Gasteiger partial charge in [0, 0.05) is 12.0 Å². The summed E-state index contributed by atoms with van der Waals surface area (Å²) >= 11 is 0. The van der Waals surface area contributed by atoms with E-state index < -0.39 is 38.6 Å². The molecule has 2 aliphatic rings. The molecule has 0 amide bonds. The van der Waals surface area contributed by atoms with Gasteiger partial charge in [-0.1, -0.05) is 49.3 Å². The minimum absolute atomic E-state index is 0.0822. The van der Waals surface area contributed by atoms with Gasteiger partial charge in [-0.2, -0.15) is 21.6 Å². The van der Waals surface area contributed by atoms with Crippen LogP contribution in [0, 0.1) is 16.7 Å². The predicted octanol–water partition coefficient (Wildman–Crippen LogP) is 3.69. The maximum Gasteiger partial charge on any atom is 0.437 e. The summed E-state index contributed by atoms with van der Waals surface area (Å²) in [6, 6.07) is 6.60. The van der Waals surface area contributed by atoms with Crippen LogP contribution in [0.25, 0.3) is 0 Å². The molecule has 5 nitrogen and oxygen atoms in total. The van der Waals surface area contributed by atoms with Crippen molar-refractivity contribution in [3.63, 3.8) is 0 Å². The monoisotopic (exact) mass is 403 g/mol. The van der Waals surface area contributed by atoms with Crippen LogP contribution in [-0.2, 0) is 19.2 Å². The molecule has 2 bridgehead atoms. The number of benzene rings is 1. The Morgan fingerprint density at radius 1 is 1.26 bits per heavy atom. The van der Waals surface area contributed by atoms with E-state index in [9.17, 15) is 26.4 Å². The van der Waals surface area contributed by atoms with E-state index in [0.29, 0.717) is 12.8 Å². The number of ketones is 1. The smallest absolute Gasteiger partial charge is 0.299 e. The highest BCUT2D eigenvalue weighted by molar-refractivity contribution is 7.86. The molecule has 3 rings (SSSR count). The fourth-order valence-corrected chi connectivity index (χ4v) is 5.92. The summed E-state index contributed by atoms with van der Waals surface area (Å²) < 4.78 is 69.0. The van der Waals surface area contributed by atoms with E-state index in [1.807, 2.05) is 13.8 Å². The van der Waals surface area contributed by atoms with Crippen LogP contribution >= 0.6 is 0 Å². The lowest BCUT2D eigenvalue weighted by atomic mass is 9.70. The van der Waals surface area contributed by atoms with Gasteiger partial charge in [0.2, 0.25) is 0 Å². The van der Waals surface area contributed by atoms with Gasteiger partial charge in [0.25, 0.3) is 0 Å². The van der Waals surface area contributed by atoms with Gasteiger partial charge in [0.1, 0.15) is 11.5 Å². The zero-order valence-electron chi connectivity index (χ0n) is 14.9. The molecule has 2 atom stereocenters. The van der Waals surface area contributed by atoms with Crippen molar-refractivity contribution in [1.29, 1.82) is 0 Å². The van der Waals surface area contributed by atoms with Crippen molar-refractivity contribution < 1.29 is 30.7 Å². The van der Waals surface area contributed by atoms with E-state index in [4.69, 9.17) is 0 Å². The first kappa shape index (κ1) is 19.9. The zero-order chi connectivity index (χ0) is 20.1. The normalized spacial score (nSPS) is 27.8. The van der Waals surface area contributed by atoms with Crippen LogP contribution < -0.4 is 0 Å². The number of fused-ring (bicyclic) bond motifs is 2. The van der Waals surface area contributed by atoms with E-state index in [2.05, 4.69) is 9.44 Å². The third-order valence-corrected chi connectivity index (χ3v) is 7.27. The lowest BCUT2D eigenvalue weighted by Gasteiger charge is -2.35. The summed E-state index contributed by atoms with van der Waals surface area (Å²) in [6.07, 6.45) is -3.49. The van der Waals surface area contributed by atoms with Crippen molar-refractivity contribution in [1.82, 2.24) is 0 Å². The number of carbonyl (C=O) groups is 1. The molecular weight excluding hydrogens is 383 g/mol. The van der Waals surface area contributed by atoms with Gasteiger partial charge < -0.3 is 0 Å². The Hall–Kier alpha value is -1.90. The molecule has 148 valence electrons. The number of rotatable bonds is 5. The van der Waals surface area contributed by atoms with Gasteiger partial charge in [-0.3, -0.25) is 9.08 Å². The predicted molar refractivity (Wildman–Crippen MR) is 92.5 cm³/mol. The first-order chi connectivity index (χ1) is 12.4. The second-order valence-electron chi connectivity index (χ2n) is 7.75. The van der Waals surface area contributed by atoms with Crippen LogP contribution in [0.5, 0.6) is 0 Å². The number of hydrogen-bond donors (Lipinski definition) is 0. The van der Waals surface area contributed by atoms with Crippen LogP contribution in [-0.4, -0.2) is 31.8 Å². The van der Waals surface area contributed by atoms with Gasteiger partial charge in [0.15, 0.2) is 5.71 Å². The van der Waals surface area contributed by atoms with Crippen LogP contribution in [0.4, 0.5) is 13.2 Å². The molecule has 2 unspecified atom stereocenters. The van der Waals surface area contributed by atoms with Crippen molar-refractivity contribution in [2.45, 2.75) is 39.3 Å². The number of oxime groups is 1. The molecule has 0 spiro atoms. The second kappa shape index (κ2) is 6.32. The first-order valence-corrected chi connectivity index (χ1v) is 10.1. The summed E-state index contributed by atoms with van der Waals surface area (Å²) in [4.78, 5) is 12.4. The highest BCUT2D eigenvalue weighted by Crippen LogP contribution is 2.64. The molecule has 0 aromatic heterocycles. The zero-order valence-corrected chi connectivity index (χ0v) is 15.7. The lowest BCUT2D eigenvalue weighted by molar-refractivity contribution is -0.128. The van der Waals surface area contributed by atoms with Crippen molar-refractivity contribution in [2.24, 2.45) is 21.9 Å². The number of nitrogens with zero attached hydrogens (tertiary/aromatic N) is 1. The van der Waals surface area contributed by atoms with Gasteiger partial charge in [-0.15, -0.1) is 0 Å². The number of alkyl halides is 3. The fourth-order valence-electron chi connectivity index (χ4n) is 4.39. The van der Waals surface area contributed by atoms with Gasteiger partial charge in [-0.25, -0.2) is 0 Å². The summed E-state index contributed by atoms with van der Waals surface area (Å²) in [5.74, 6) is -0.746. The highest BCUT2D eigenvalue weighted by Gasteiger charge is 2.65. The largest absolute Gasteiger partial charge is 0.437 e. The van der Waals surface area contributed by atoms with Crippen molar-refractivity contribution in [3.8, 4) is 0 Å². The Balaban J connectivity index is 1.88. The standard InChI is InChI=1S/C18H20F3NO4S/c1-16(2)13-8-9-17(16,14(23)10-13)11-27(24,25)26-22-15(18(19,20)21)12-6-4-3-5-7-12/h3-7,13H,8-11H2,1-2H3. The highest BCUT2D eigenvalue weighted by atomic mass is 32.2. The Morgan fingerprint density at radius 3 is 2.37 bits per heavy atom. The molecule has 0 N–H and O–H groups in total. The molecular formula is C18H20F3NO4S. The van der Waals surface area contributed by atoms with E-state index in [0.717, 1.165) is 18.6 Å². The molecule has 2 aliphatic carbocycles. The summed E-state index contributed by atoms with van der Waals surface area (Å²) in [5, 5.41) is 2.92. The Labute approximate surface area is 155 Å². The van der Waals surface area contributed by atoms with Crippen LogP contribution in [0.3, 0.4) is 0 Å². The number of hydrogen-bond acceptors (Lipinski definition) is 5. The minimum atomic E-state index is -4.89. The topological polar surface area (TPSA) is 72.8 Å². The summed E-state index contributed by atoms with van der Waals surface area (Å²) in [7, 11) is -4.48. The molecule has 0 radical (unpaired) electrons. The van der Waals surface area contributed by atoms with Crippen LogP contribution in [0.2, 0.25) is 0 Å². The first-order valence-electron chi connectivity index (χ1n) is 8.54. The quantitative estimate of drug-likeness (QED) is 0.555. The molecule has 0 saturated heterocycles. The second-order valence-corrected chi connectivity index (χ2v) is 9.30. The van der Waals surface area contributed by atoms with Gasteiger partial charge >= 0.3 is 16.3 Å². The summed E-state index contributed by atoms with van der Waals surface area (Å²) in [5.41, 5.74) is -3.42. The maximum absolute atomic E-state index is 13.3. The number of Topliss-reactive ketones (excluding diaryl/α,β-unsaturated/α-hetero) is 1. The fraction of sp³-hybridized carbons (Fsp3) is 0.556. The van der Waals surface area contributed by atoms with Gasteiger partial charge in [0.05, 0.1) is 5.41 Å². The third kappa shape index (κ3) is 3.37. The maximum atomic E-state index is 13.3.